The molecule has 1 aliphatic heterocycles. The molecule has 28 heavy (non-hydrogen) atoms. The summed E-state index contributed by atoms with van der Waals surface area (Å²) in [5, 5.41) is 3.04. The molecule has 0 spiro atoms. The number of hydrogen-bond acceptors (Lipinski definition) is 4. The van der Waals surface area contributed by atoms with Crippen molar-refractivity contribution in [3.8, 4) is 5.75 Å². The highest BCUT2D eigenvalue weighted by atomic mass is 16.5. The van der Waals surface area contributed by atoms with Crippen LogP contribution >= 0.6 is 0 Å². The topological polar surface area (TPSA) is 59.4 Å². The first-order valence-electron chi connectivity index (χ1n) is 9.71. The number of aryl methyl sites for hydroxylation is 1. The summed E-state index contributed by atoms with van der Waals surface area (Å²) in [5.74, 6) is 1.90. The van der Waals surface area contributed by atoms with Crippen LogP contribution in [0.25, 0.3) is 11.0 Å². The lowest BCUT2D eigenvalue weighted by Gasteiger charge is -2.31. The normalized spacial score (nSPS) is 17.6. The molecule has 0 radical (unpaired) electrons. The van der Waals surface area contributed by atoms with Crippen molar-refractivity contribution in [3.05, 3.63) is 54.4 Å². The monoisotopic (exact) mass is 378 g/mol. The van der Waals surface area contributed by atoms with Crippen LogP contribution in [0.3, 0.4) is 0 Å². The lowest BCUT2D eigenvalue weighted by molar-refractivity contribution is -0.121. The fourth-order valence-electron chi connectivity index (χ4n) is 3.87. The van der Waals surface area contributed by atoms with Gasteiger partial charge in [-0.15, -0.1) is 0 Å². The molecular weight excluding hydrogens is 352 g/mol. The first kappa shape index (κ1) is 18.5. The average molecular weight is 378 g/mol. The van der Waals surface area contributed by atoms with Crippen molar-refractivity contribution >= 4 is 22.6 Å². The molecule has 1 aromatic heterocycles. The maximum Gasteiger partial charge on any atom is 0.228 e. The van der Waals surface area contributed by atoms with E-state index in [0.29, 0.717) is 0 Å². The molecule has 146 valence electrons. The molecule has 4 rings (SSSR count). The van der Waals surface area contributed by atoms with E-state index < -0.39 is 0 Å². The molecular formula is C22H26N4O2. The Labute approximate surface area is 165 Å². The van der Waals surface area contributed by atoms with Crippen LogP contribution in [-0.4, -0.2) is 40.6 Å². The molecule has 0 unspecified atom stereocenters. The van der Waals surface area contributed by atoms with Crippen LogP contribution in [0.4, 0.5) is 5.69 Å². The third-order valence-electron chi connectivity index (χ3n) is 5.48. The zero-order valence-corrected chi connectivity index (χ0v) is 16.4. The van der Waals surface area contributed by atoms with Crippen LogP contribution in [0.5, 0.6) is 5.75 Å². The number of methoxy groups -OCH3 is 1. The van der Waals surface area contributed by atoms with Crippen molar-refractivity contribution < 1.29 is 9.53 Å². The molecule has 2 aromatic carbocycles. The summed E-state index contributed by atoms with van der Waals surface area (Å²) < 4.78 is 7.31. The first-order chi connectivity index (χ1) is 13.6. The van der Waals surface area contributed by atoms with E-state index in [2.05, 4.69) is 27.9 Å². The predicted octanol–water partition coefficient (Wildman–Crippen LogP) is 3.43. The number of carbonyl (C=O) groups is 1. The van der Waals surface area contributed by atoms with Crippen LogP contribution < -0.4 is 10.1 Å². The number of para-hydroxylation sites is 2. The Kier molecular flexibility index (Phi) is 5.30. The number of anilines is 1. The van der Waals surface area contributed by atoms with Gasteiger partial charge < -0.3 is 14.6 Å². The smallest absolute Gasteiger partial charge is 0.228 e. The minimum atomic E-state index is -0.00876. The lowest BCUT2D eigenvalue weighted by atomic mass is 9.97. The second kappa shape index (κ2) is 8.02. The highest BCUT2D eigenvalue weighted by Crippen LogP contribution is 2.22. The van der Waals surface area contributed by atoms with Gasteiger partial charge in [-0.2, -0.15) is 0 Å². The standard InChI is InChI=1S/C22H26N4O2/c1-25-20-8-4-3-7-19(20)24-21(25)15-26-13-5-6-16(14-26)22(27)23-17-9-11-18(28-2)12-10-17/h3-4,7-12,16H,5-6,13-15H2,1-2H3,(H,23,27)/t16-/m1/s1. The zero-order chi connectivity index (χ0) is 19.5. The van der Waals surface area contributed by atoms with Gasteiger partial charge in [-0.05, 0) is 55.8 Å². The Bertz CT molecular complexity index is 964. The average Bonchev–Trinajstić information content (AvgIpc) is 3.04. The van der Waals surface area contributed by atoms with Gasteiger partial charge in [0.25, 0.3) is 0 Å². The van der Waals surface area contributed by atoms with Gasteiger partial charge in [0.1, 0.15) is 11.6 Å². The maximum atomic E-state index is 12.7. The van der Waals surface area contributed by atoms with Gasteiger partial charge >= 0.3 is 0 Å². The third-order valence-corrected chi connectivity index (χ3v) is 5.48. The van der Waals surface area contributed by atoms with E-state index in [0.717, 1.165) is 60.8 Å². The van der Waals surface area contributed by atoms with Crippen molar-refractivity contribution in [1.29, 1.82) is 0 Å². The molecule has 1 saturated heterocycles. The van der Waals surface area contributed by atoms with Crippen LogP contribution in [0, 0.1) is 5.92 Å². The maximum absolute atomic E-state index is 12.7. The Morgan fingerprint density at radius 2 is 2.00 bits per heavy atom. The van der Waals surface area contributed by atoms with Gasteiger partial charge in [-0.25, -0.2) is 4.98 Å². The molecule has 1 amide bonds. The Balaban J connectivity index is 1.40. The highest BCUT2D eigenvalue weighted by Gasteiger charge is 2.26. The van der Waals surface area contributed by atoms with Crippen molar-refractivity contribution in [2.24, 2.45) is 13.0 Å². The number of benzene rings is 2. The molecule has 1 aliphatic rings. The van der Waals surface area contributed by atoms with E-state index >= 15 is 0 Å². The largest absolute Gasteiger partial charge is 0.497 e. The molecule has 1 atom stereocenters. The van der Waals surface area contributed by atoms with Crippen LogP contribution in [-0.2, 0) is 18.4 Å². The number of nitrogens with one attached hydrogen (secondary N) is 1. The number of fused-ring (bicyclic) bond motifs is 1. The summed E-state index contributed by atoms with van der Waals surface area (Å²) in [6.07, 6.45) is 1.94. The first-order valence-corrected chi connectivity index (χ1v) is 9.71. The number of rotatable bonds is 5. The molecule has 0 saturated carbocycles. The van der Waals surface area contributed by atoms with Crippen LogP contribution in [0.1, 0.15) is 18.7 Å². The second-order valence-electron chi connectivity index (χ2n) is 7.37. The minimum absolute atomic E-state index is 0.00876. The number of aromatic nitrogens is 2. The summed E-state index contributed by atoms with van der Waals surface area (Å²) in [5.41, 5.74) is 2.97. The molecule has 0 bridgehead atoms. The quantitative estimate of drug-likeness (QED) is 0.739. The second-order valence-corrected chi connectivity index (χ2v) is 7.37. The summed E-state index contributed by atoms with van der Waals surface area (Å²) in [7, 11) is 3.69. The van der Waals surface area contributed by atoms with Crippen molar-refractivity contribution in [2.45, 2.75) is 19.4 Å². The van der Waals surface area contributed by atoms with E-state index in [1.165, 1.54) is 0 Å². The van der Waals surface area contributed by atoms with Crippen molar-refractivity contribution in [3.63, 3.8) is 0 Å². The number of likely N-dealkylation sites (tertiary alicyclic amines) is 1. The Morgan fingerprint density at radius 3 is 2.75 bits per heavy atom. The van der Waals surface area contributed by atoms with Crippen molar-refractivity contribution in [1.82, 2.24) is 14.5 Å². The van der Waals surface area contributed by atoms with Crippen LogP contribution in [0.2, 0.25) is 0 Å². The number of hydrogen-bond donors (Lipinski definition) is 1. The minimum Gasteiger partial charge on any atom is -0.497 e. The number of carbonyl (C=O) groups excluding carboxylic acids is 1. The SMILES string of the molecule is COc1ccc(NC(=O)[C@@H]2CCCN(Cc3nc4ccccc4n3C)C2)cc1. The summed E-state index contributed by atoms with van der Waals surface area (Å²) >= 11 is 0. The number of nitrogens with zero attached hydrogens (tertiary/aromatic N) is 3. The van der Waals surface area contributed by atoms with E-state index in [1.54, 1.807) is 7.11 Å². The van der Waals surface area contributed by atoms with Gasteiger partial charge in [0.15, 0.2) is 0 Å². The highest BCUT2D eigenvalue weighted by molar-refractivity contribution is 5.92. The summed E-state index contributed by atoms with van der Waals surface area (Å²) in [6.45, 7) is 2.51. The summed E-state index contributed by atoms with van der Waals surface area (Å²) in [4.78, 5) is 19.8. The number of piperidine rings is 1. The number of amides is 1. The number of ether oxygens (including phenoxy) is 1. The van der Waals surface area contributed by atoms with E-state index in [4.69, 9.17) is 9.72 Å². The number of imidazole rings is 1. The van der Waals surface area contributed by atoms with Gasteiger partial charge in [0.2, 0.25) is 5.91 Å². The van der Waals surface area contributed by atoms with E-state index in [9.17, 15) is 4.79 Å². The van der Waals surface area contributed by atoms with E-state index in [1.807, 2.05) is 42.5 Å². The fourth-order valence-corrected chi connectivity index (χ4v) is 3.87. The summed E-state index contributed by atoms with van der Waals surface area (Å²) in [6, 6.07) is 15.6. The van der Waals surface area contributed by atoms with Gasteiger partial charge in [-0.1, -0.05) is 12.1 Å². The molecule has 1 fully saturated rings. The Morgan fingerprint density at radius 1 is 1.21 bits per heavy atom. The molecule has 1 N–H and O–H groups in total. The molecule has 0 aliphatic carbocycles. The van der Waals surface area contributed by atoms with Crippen LogP contribution in [0.15, 0.2) is 48.5 Å². The van der Waals surface area contributed by atoms with Gasteiger partial charge in [0, 0.05) is 19.3 Å². The van der Waals surface area contributed by atoms with Gasteiger partial charge in [0.05, 0.1) is 30.6 Å². The molecule has 2 heterocycles. The van der Waals surface area contributed by atoms with Crippen molar-refractivity contribution in [2.75, 3.05) is 25.5 Å². The van der Waals surface area contributed by atoms with E-state index in [-0.39, 0.29) is 11.8 Å². The van der Waals surface area contributed by atoms with Gasteiger partial charge in [-0.3, -0.25) is 9.69 Å². The zero-order valence-electron chi connectivity index (χ0n) is 16.4. The fraction of sp³-hybridized carbons (Fsp3) is 0.364. The Hall–Kier alpha value is -2.86. The molecule has 6 nitrogen and oxygen atoms in total. The molecule has 3 aromatic rings. The molecule has 6 heteroatoms. The lowest BCUT2D eigenvalue weighted by Crippen LogP contribution is -2.40. The predicted molar refractivity (Wildman–Crippen MR) is 110 cm³/mol. The third kappa shape index (κ3) is 3.87.